The molecule has 16 nitrogen and oxygen atoms in total. The van der Waals surface area contributed by atoms with Crippen LogP contribution in [-0.4, -0.2) is 54.8 Å². The van der Waals surface area contributed by atoms with Crippen LogP contribution in [0.25, 0.3) is 44.6 Å². The number of ether oxygens (including phenoxy) is 6. The van der Waals surface area contributed by atoms with Gasteiger partial charge in [0.15, 0.2) is 34.2 Å². The Morgan fingerprint density at radius 1 is 0.698 bits per heavy atom. The van der Waals surface area contributed by atoms with Crippen LogP contribution in [0.2, 0.25) is 0 Å². The smallest absolute Gasteiger partial charge is 0.343 e. The number of aromatic nitrogens is 4. The van der Waals surface area contributed by atoms with E-state index in [4.69, 9.17) is 38.4 Å². The lowest BCUT2D eigenvalue weighted by atomic mass is 9.82. The normalized spacial score (nSPS) is 22.0. The van der Waals surface area contributed by atoms with Crippen molar-refractivity contribution in [2.45, 2.75) is 90.4 Å². The molecule has 0 spiro atoms. The number of benzene rings is 2. The van der Waals surface area contributed by atoms with Crippen LogP contribution < -0.4 is 30.1 Å². The highest BCUT2D eigenvalue weighted by atomic mass is 16.7. The first-order valence-corrected chi connectivity index (χ1v) is 21.0. The first-order chi connectivity index (χ1) is 30.1. The summed E-state index contributed by atoms with van der Waals surface area (Å²) in [6, 6.07) is 11.7. The largest absolute Gasteiger partial charge is 0.458 e. The topological polar surface area (TPSA) is 200 Å². The Bertz CT molecular complexity index is 3260. The van der Waals surface area contributed by atoms with Gasteiger partial charge in [-0.2, -0.15) is 0 Å². The van der Waals surface area contributed by atoms with Crippen LogP contribution in [-0.2, 0) is 56.4 Å². The van der Waals surface area contributed by atoms with Crippen LogP contribution >= 0.6 is 0 Å². The average molecular weight is 853 g/mol. The zero-order valence-corrected chi connectivity index (χ0v) is 34.7. The lowest BCUT2D eigenvalue weighted by Crippen LogP contribution is -2.46. The van der Waals surface area contributed by atoms with E-state index < -0.39 is 40.3 Å². The van der Waals surface area contributed by atoms with Crippen LogP contribution in [0.1, 0.15) is 91.9 Å². The Hall–Kier alpha value is -6.78. The predicted octanol–water partition coefficient (Wildman–Crippen LogP) is 5.13. The third kappa shape index (κ3) is 5.21. The standard InChI is InChI=1S/C47H40N4O12/c1-5-46(56)28-12-34-39-23(8-21-9-35-37(62-19-60-35)13-30(21)48-39)32(51(34)42(53)27(28)18-58-43(46)54)6-7-47(57)29-11-33-40-25(16-50(33)41(52)26(29)17-59-44(47)55)24(15-45(2,3)4)22-10-36-38(63-20-61-36)14-31(22)49-40/h8-14,32,56-57H,5-7,15-20H2,1-4H3/t32?,46-,47-/m0/s1. The lowest BCUT2D eigenvalue weighted by Gasteiger charge is -2.34. The number of rotatable bonds is 5. The molecule has 63 heavy (non-hydrogen) atoms. The lowest BCUT2D eigenvalue weighted by molar-refractivity contribution is -0.173. The highest BCUT2D eigenvalue weighted by Crippen LogP contribution is 2.49. The Morgan fingerprint density at radius 3 is 2.00 bits per heavy atom. The summed E-state index contributed by atoms with van der Waals surface area (Å²) in [5, 5.41) is 25.9. The summed E-state index contributed by atoms with van der Waals surface area (Å²) in [5.41, 5.74) is 0.619. The highest BCUT2D eigenvalue weighted by molar-refractivity contribution is 5.92. The second-order valence-electron chi connectivity index (χ2n) is 18.4. The summed E-state index contributed by atoms with van der Waals surface area (Å²) in [6.07, 6.45) is 0.367. The minimum absolute atomic E-state index is 0.000109. The third-order valence-electron chi connectivity index (χ3n) is 13.5. The maximum Gasteiger partial charge on any atom is 0.343 e. The fraction of sp³-hybridized carbons (Fsp3) is 0.362. The van der Waals surface area contributed by atoms with Crippen molar-refractivity contribution in [1.82, 2.24) is 19.1 Å². The molecule has 0 saturated carbocycles. The number of esters is 2. The maximum absolute atomic E-state index is 14.7. The fourth-order valence-electron chi connectivity index (χ4n) is 10.4. The zero-order valence-electron chi connectivity index (χ0n) is 34.7. The molecule has 2 N–H and O–H groups in total. The molecule has 2 aromatic carbocycles. The van der Waals surface area contributed by atoms with Crippen molar-refractivity contribution in [2.24, 2.45) is 5.41 Å². The molecule has 12 rings (SSSR count). The van der Waals surface area contributed by atoms with Crippen LogP contribution in [0.15, 0.2) is 52.1 Å². The van der Waals surface area contributed by atoms with Gasteiger partial charge in [0.25, 0.3) is 11.1 Å². The third-order valence-corrected chi connectivity index (χ3v) is 13.5. The molecule has 320 valence electrons. The van der Waals surface area contributed by atoms with Gasteiger partial charge in [-0.3, -0.25) is 14.2 Å². The van der Waals surface area contributed by atoms with Gasteiger partial charge in [0.2, 0.25) is 13.6 Å². The number of fused-ring (bicyclic) bond motifs is 12. The van der Waals surface area contributed by atoms with Crippen LogP contribution in [0, 0.1) is 5.41 Å². The molecule has 1 unspecified atom stereocenters. The minimum Gasteiger partial charge on any atom is -0.458 e. The van der Waals surface area contributed by atoms with E-state index >= 15 is 0 Å². The number of cyclic esters (lactones) is 2. The predicted molar refractivity (Wildman–Crippen MR) is 222 cm³/mol. The number of pyridine rings is 4. The summed E-state index contributed by atoms with van der Waals surface area (Å²) in [6.45, 7) is 7.78. The van der Waals surface area contributed by atoms with Gasteiger partial charge in [-0.15, -0.1) is 0 Å². The number of aliphatic hydroxyl groups is 2. The second-order valence-corrected chi connectivity index (χ2v) is 18.4. The van der Waals surface area contributed by atoms with Gasteiger partial charge in [-0.25, -0.2) is 19.6 Å². The summed E-state index contributed by atoms with van der Waals surface area (Å²) in [4.78, 5) is 66.3. The van der Waals surface area contributed by atoms with Gasteiger partial charge in [-0.05, 0) is 67.0 Å². The van der Waals surface area contributed by atoms with E-state index in [2.05, 4.69) is 20.8 Å². The van der Waals surface area contributed by atoms with Crippen molar-refractivity contribution < 1.29 is 48.2 Å². The Balaban J connectivity index is 0.998. The molecule has 0 fully saturated rings. The van der Waals surface area contributed by atoms with Crippen molar-refractivity contribution in [3.05, 3.63) is 102 Å². The van der Waals surface area contributed by atoms with Crippen LogP contribution in [0.5, 0.6) is 23.0 Å². The monoisotopic (exact) mass is 852 g/mol. The van der Waals surface area contributed by atoms with Gasteiger partial charge >= 0.3 is 11.9 Å². The molecule has 0 aliphatic carbocycles. The first kappa shape index (κ1) is 37.9. The molecule has 0 saturated heterocycles. The van der Waals surface area contributed by atoms with Crippen molar-refractivity contribution in [1.29, 1.82) is 0 Å². The van der Waals surface area contributed by atoms with E-state index in [1.54, 1.807) is 35.8 Å². The first-order valence-electron chi connectivity index (χ1n) is 21.0. The molecule has 0 radical (unpaired) electrons. The highest BCUT2D eigenvalue weighted by Gasteiger charge is 2.50. The quantitative estimate of drug-likeness (QED) is 0.216. The summed E-state index contributed by atoms with van der Waals surface area (Å²) >= 11 is 0. The molecule has 6 aromatic rings. The van der Waals surface area contributed by atoms with Gasteiger partial charge in [0.1, 0.15) is 13.2 Å². The van der Waals surface area contributed by atoms with Gasteiger partial charge < -0.3 is 43.2 Å². The van der Waals surface area contributed by atoms with E-state index in [0.29, 0.717) is 74.2 Å². The molecule has 4 aromatic heterocycles. The van der Waals surface area contributed by atoms with Crippen LogP contribution in [0.3, 0.4) is 0 Å². The van der Waals surface area contributed by atoms with Crippen molar-refractivity contribution in [3.63, 3.8) is 0 Å². The van der Waals surface area contributed by atoms with Crippen LogP contribution in [0.4, 0.5) is 0 Å². The van der Waals surface area contributed by atoms with Gasteiger partial charge in [0, 0.05) is 45.2 Å². The SMILES string of the molecule is CC[C@@]1(O)C(=O)OCc2c1cc1n(c2=O)C(CC[C@@]2(O)C(=O)OCc3c2cc2n(c3=O)Cc3c-2nc2cc4c(cc2c3CC(C)(C)C)OCO4)c2cc3cc4c(cc3nc2-1)OCO4. The molecule has 6 aliphatic heterocycles. The summed E-state index contributed by atoms with van der Waals surface area (Å²) in [5.74, 6) is 0.464. The number of carbonyl (C=O) groups excluding carboxylic acids is 2. The molecule has 0 bridgehead atoms. The van der Waals surface area contributed by atoms with E-state index in [9.17, 15) is 29.4 Å². The van der Waals surface area contributed by atoms with E-state index in [1.165, 1.54) is 4.57 Å². The van der Waals surface area contributed by atoms with E-state index in [0.717, 1.165) is 16.5 Å². The molecule has 0 amide bonds. The Kier molecular flexibility index (Phi) is 7.63. The van der Waals surface area contributed by atoms with Gasteiger partial charge in [-0.1, -0.05) is 27.7 Å². The van der Waals surface area contributed by atoms with Gasteiger partial charge in [0.05, 0.1) is 57.5 Å². The molecule has 6 aliphatic rings. The average Bonchev–Trinajstić information content (AvgIpc) is 4.05. The fourth-order valence-corrected chi connectivity index (χ4v) is 10.4. The van der Waals surface area contributed by atoms with E-state index in [1.807, 2.05) is 18.2 Å². The van der Waals surface area contributed by atoms with Crippen molar-refractivity contribution in [2.75, 3.05) is 13.6 Å². The molecule has 16 heteroatoms. The maximum atomic E-state index is 14.7. The summed E-state index contributed by atoms with van der Waals surface area (Å²) < 4.78 is 36.8. The summed E-state index contributed by atoms with van der Waals surface area (Å²) in [7, 11) is 0. The minimum atomic E-state index is -2.31. The van der Waals surface area contributed by atoms with Crippen molar-refractivity contribution >= 4 is 33.7 Å². The van der Waals surface area contributed by atoms with Crippen molar-refractivity contribution in [3.8, 4) is 45.8 Å². The number of hydrogen-bond donors (Lipinski definition) is 2. The number of hydrogen-bond acceptors (Lipinski definition) is 14. The van der Waals surface area contributed by atoms with E-state index in [-0.39, 0.29) is 80.3 Å². The second kappa shape index (κ2) is 12.7. The molecular weight excluding hydrogens is 813 g/mol. The molecule has 10 heterocycles. The zero-order chi connectivity index (χ0) is 43.5. The number of nitrogens with zero attached hydrogens (tertiary/aromatic N) is 4. The molecule has 3 atom stereocenters. The number of carbonyl (C=O) groups is 2. The molecular formula is C47H40N4O12. The Labute approximate surface area is 357 Å². The Morgan fingerprint density at radius 2 is 1.30 bits per heavy atom.